The van der Waals surface area contributed by atoms with Crippen LogP contribution in [-0.2, 0) is 4.79 Å². The van der Waals surface area contributed by atoms with Crippen LogP contribution in [0.25, 0.3) is 0 Å². The summed E-state index contributed by atoms with van der Waals surface area (Å²) in [6.07, 6.45) is 23.4. The van der Waals surface area contributed by atoms with Gasteiger partial charge < -0.3 is 10.0 Å². The molecule has 1 aliphatic carbocycles. The van der Waals surface area contributed by atoms with Gasteiger partial charge in [-0.25, -0.2) is 0 Å². The standard InChI is InChI=1S/C20H38N2.C2H4O2/c1-2-4-6-10-15-20(14-9-5-3-1)22-18-12-8-7-11-16-21-17-13-19-22;1-2(3)4/h16,20H,1-15,17-19H2;1H3,(H,3,4). The topological polar surface area (TPSA) is 52.9 Å². The van der Waals surface area contributed by atoms with Gasteiger partial charge in [-0.2, -0.15) is 0 Å². The van der Waals surface area contributed by atoms with E-state index in [2.05, 4.69) is 16.1 Å². The number of carboxylic acids is 1. The van der Waals surface area contributed by atoms with E-state index in [9.17, 15) is 0 Å². The highest BCUT2D eigenvalue weighted by Gasteiger charge is 2.18. The summed E-state index contributed by atoms with van der Waals surface area (Å²) in [5, 5.41) is 7.42. The summed E-state index contributed by atoms with van der Waals surface area (Å²) >= 11 is 0. The Balaban J connectivity index is 0.000000765. The van der Waals surface area contributed by atoms with Crippen molar-refractivity contribution in [3.8, 4) is 0 Å². The van der Waals surface area contributed by atoms with Gasteiger partial charge in [-0.1, -0.05) is 57.8 Å². The predicted octanol–water partition coefficient (Wildman–Crippen LogP) is 5.70. The maximum Gasteiger partial charge on any atom is 0.300 e. The average Bonchev–Trinajstić information content (AvgIpc) is 2.70. The Kier molecular flexibility index (Phi) is 14.5. The third-order valence-electron chi connectivity index (χ3n) is 5.48. The average molecular weight is 367 g/mol. The van der Waals surface area contributed by atoms with E-state index >= 15 is 0 Å². The quantitative estimate of drug-likeness (QED) is 0.648. The minimum absolute atomic E-state index is 0.833. The molecule has 0 aromatic rings. The number of aliphatic carboxylic acids is 1. The molecule has 0 bridgehead atoms. The van der Waals surface area contributed by atoms with E-state index in [1.54, 1.807) is 0 Å². The molecule has 0 aromatic heterocycles. The lowest BCUT2D eigenvalue weighted by molar-refractivity contribution is -0.134. The van der Waals surface area contributed by atoms with Crippen LogP contribution in [0.3, 0.4) is 0 Å². The van der Waals surface area contributed by atoms with Gasteiger partial charge in [0, 0.05) is 26.1 Å². The second-order valence-corrected chi connectivity index (χ2v) is 7.91. The zero-order valence-electron chi connectivity index (χ0n) is 17.1. The number of nitrogens with zero attached hydrogens (tertiary/aromatic N) is 2. The summed E-state index contributed by atoms with van der Waals surface area (Å²) in [4.78, 5) is 16.4. The number of hydrogen-bond donors (Lipinski definition) is 1. The normalized spacial score (nSPS) is 23.0. The van der Waals surface area contributed by atoms with Gasteiger partial charge in [0.2, 0.25) is 0 Å². The van der Waals surface area contributed by atoms with Crippen molar-refractivity contribution in [3.63, 3.8) is 0 Å². The molecule has 1 fully saturated rings. The number of hydrogen-bond acceptors (Lipinski definition) is 3. The molecule has 0 atom stereocenters. The van der Waals surface area contributed by atoms with Crippen LogP contribution in [0.2, 0.25) is 0 Å². The Hall–Kier alpha value is -0.900. The van der Waals surface area contributed by atoms with Crippen molar-refractivity contribution in [2.24, 2.45) is 4.99 Å². The molecule has 0 aromatic carbocycles. The summed E-state index contributed by atoms with van der Waals surface area (Å²) in [7, 11) is 0. The largest absolute Gasteiger partial charge is 0.481 e. The Bertz CT molecular complexity index is 355. The molecule has 26 heavy (non-hydrogen) atoms. The summed E-state index contributed by atoms with van der Waals surface area (Å²) in [6.45, 7) is 4.75. The number of carboxylic acid groups (broad SMARTS) is 1. The molecule has 0 saturated heterocycles. The first-order chi connectivity index (χ1) is 12.7. The van der Waals surface area contributed by atoms with Crippen molar-refractivity contribution in [2.45, 2.75) is 109 Å². The minimum Gasteiger partial charge on any atom is -0.481 e. The zero-order chi connectivity index (χ0) is 18.9. The highest BCUT2D eigenvalue weighted by molar-refractivity contribution is 5.62. The van der Waals surface area contributed by atoms with Crippen LogP contribution < -0.4 is 0 Å². The summed E-state index contributed by atoms with van der Waals surface area (Å²) in [6, 6.07) is 0.864. The first-order valence-corrected chi connectivity index (χ1v) is 11.1. The molecule has 1 saturated carbocycles. The van der Waals surface area contributed by atoms with Crippen molar-refractivity contribution in [1.29, 1.82) is 0 Å². The van der Waals surface area contributed by atoms with E-state index in [4.69, 9.17) is 9.90 Å². The number of rotatable bonds is 1. The number of aliphatic imine (C=N–C) groups is 1. The van der Waals surface area contributed by atoms with Gasteiger partial charge >= 0.3 is 0 Å². The second-order valence-electron chi connectivity index (χ2n) is 7.91. The summed E-state index contributed by atoms with van der Waals surface area (Å²) < 4.78 is 0. The zero-order valence-corrected chi connectivity index (χ0v) is 17.1. The molecular formula is C22H42N2O2. The summed E-state index contributed by atoms with van der Waals surface area (Å²) in [5.41, 5.74) is 0. The Labute approximate surface area is 161 Å². The van der Waals surface area contributed by atoms with Crippen LogP contribution in [0.15, 0.2) is 4.99 Å². The smallest absolute Gasteiger partial charge is 0.300 e. The third-order valence-corrected chi connectivity index (χ3v) is 5.48. The molecule has 1 N–H and O–H groups in total. The molecule has 0 unspecified atom stereocenters. The molecule has 1 heterocycles. The SMILES string of the molecule is C1=NCCCN(C2CCCCCCCCCC2)CCCCC1.CC(=O)O. The predicted molar refractivity (Wildman–Crippen MR) is 111 cm³/mol. The lowest BCUT2D eigenvalue weighted by atomic mass is 10.00. The van der Waals surface area contributed by atoms with E-state index in [0.717, 1.165) is 19.5 Å². The fourth-order valence-electron chi connectivity index (χ4n) is 4.08. The van der Waals surface area contributed by atoms with Crippen LogP contribution in [0, 0.1) is 0 Å². The highest BCUT2D eigenvalue weighted by Crippen LogP contribution is 2.21. The molecule has 0 radical (unpaired) electrons. The molecule has 152 valence electrons. The second kappa shape index (κ2) is 16.3. The molecular weight excluding hydrogens is 324 g/mol. The van der Waals surface area contributed by atoms with Gasteiger partial charge in [-0.15, -0.1) is 0 Å². The van der Waals surface area contributed by atoms with Crippen LogP contribution in [-0.4, -0.2) is 47.9 Å². The highest BCUT2D eigenvalue weighted by atomic mass is 16.4. The van der Waals surface area contributed by atoms with E-state index in [1.807, 2.05) is 0 Å². The van der Waals surface area contributed by atoms with Crippen LogP contribution in [0.5, 0.6) is 0 Å². The van der Waals surface area contributed by atoms with Gasteiger partial charge in [0.25, 0.3) is 5.97 Å². The van der Waals surface area contributed by atoms with Gasteiger partial charge in [0.05, 0.1) is 0 Å². The first kappa shape index (κ1) is 23.1. The lowest BCUT2D eigenvalue weighted by Gasteiger charge is -2.32. The van der Waals surface area contributed by atoms with E-state index in [1.165, 1.54) is 109 Å². The lowest BCUT2D eigenvalue weighted by Crippen LogP contribution is -2.37. The Morgan fingerprint density at radius 2 is 1.35 bits per heavy atom. The van der Waals surface area contributed by atoms with Crippen molar-refractivity contribution in [1.82, 2.24) is 4.90 Å². The van der Waals surface area contributed by atoms with Crippen LogP contribution in [0.1, 0.15) is 103 Å². The van der Waals surface area contributed by atoms with Crippen molar-refractivity contribution >= 4 is 12.2 Å². The Morgan fingerprint density at radius 3 is 1.96 bits per heavy atom. The molecule has 4 nitrogen and oxygen atoms in total. The van der Waals surface area contributed by atoms with Crippen molar-refractivity contribution in [3.05, 3.63) is 0 Å². The maximum atomic E-state index is 9.00. The van der Waals surface area contributed by atoms with Crippen molar-refractivity contribution < 1.29 is 9.90 Å². The number of carbonyl (C=O) groups is 1. The first-order valence-electron chi connectivity index (χ1n) is 11.1. The van der Waals surface area contributed by atoms with Gasteiger partial charge in [0.1, 0.15) is 0 Å². The molecule has 1 aliphatic heterocycles. The molecule has 2 aliphatic rings. The Morgan fingerprint density at radius 1 is 0.846 bits per heavy atom. The van der Waals surface area contributed by atoms with Crippen LogP contribution >= 0.6 is 0 Å². The van der Waals surface area contributed by atoms with Gasteiger partial charge in [-0.05, 0) is 51.3 Å². The van der Waals surface area contributed by atoms with Crippen LogP contribution in [0.4, 0.5) is 0 Å². The maximum absolute atomic E-state index is 9.00. The molecule has 0 spiro atoms. The fraction of sp³-hybridized carbons (Fsp3) is 0.909. The van der Waals surface area contributed by atoms with E-state index in [-0.39, 0.29) is 0 Å². The minimum atomic E-state index is -0.833. The third kappa shape index (κ3) is 13.3. The fourth-order valence-corrected chi connectivity index (χ4v) is 4.08. The summed E-state index contributed by atoms with van der Waals surface area (Å²) in [5.74, 6) is -0.833. The van der Waals surface area contributed by atoms with E-state index < -0.39 is 5.97 Å². The van der Waals surface area contributed by atoms with Crippen molar-refractivity contribution in [2.75, 3.05) is 19.6 Å². The van der Waals surface area contributed by atoms with Gasteiger partial charge in [0.15, 0.2) is 0 Å². The monoisotopic (exact) mass is 366 g/mol. The molecule has 0 amide bonds. The molecule has 2 rings (SSSR count). The molecule has 4 heteroatoms. The van der Waals surface area contributed by atoms with Gasteiger partial charge in [-0.3, -0.25) is 9.79 Å². The van der Waals surface area contributed by atoms with E-state index in [0.29, 0.717) is 0 Å².